The van der Waals surface area contributed by atoms with Gasteiger partial charge in [-0.05, 0) is 0 Å². The number of rotatable bonds is 7. The van der Waals surface area contributed by atoms with Crippen LogP contribution in [0.15, 0.2) is 15.8 Å². The number of phosphoric ester groups is 1. The topological polar surface area (TPSA) is 238 Å². The van der Waals surface area contributed by atoms with Gasteiger partial charge >= 0.3 is 21.3 Å². The number of phosphoric acid groups is 2. The lowest BCUT2D eigenvalue weighted by Gasteiger charge is -2.23. The summed E-state index contributed by atoms with van der Waals surface area (Å²) in [6, 6.07) is 0. The maximum atomic E-state index is 15.3. The van der Waals surface area contributed by atoms with E-state index >= 15 is 4.39 Å². The molecule has 0 aliphatic carbocycles. The maximum absolute atomic E-state index is 15.3. The second-order valence-corrected chi connectivity index (χ2v) is 7.90. The van der Waals surface area contributed by atoms with E-state index in [2.05, 4.69) is 13.6 Å². The third-order valence-electron chi connectivity index (χ3n) is 3.12. The predicted octanol–water partition coefficient (Wildman–Crippen LogP) is -2.83. The number of halogens is 1. The molecule has 0 saturated carbocycles. The zero-order valence-corrected chi connectivity index (χ0v) is 15.0. The van der Waals surface area contributed by atoms with Gasteiger partial charge in [0, 0.05) is 6.20 Å². The van der Waals surface area contributed by atoms with Crippen LogP contribution in [-0.2, 0) is 29.3 Å². The average Bonchev–Trinajstić information content (AvgIpc) is 2.74. The first-order valence-electron chi connectivity index (χ1n) is 8.31. The maximum Gasteiger partial charge on any atom is 0.481 e. The van der Waals surface area contributed by atoms with Crippen molar-refractivity contribution >= 4 is 15.6 Å². The summed E-state index contributed by atoms with van der Waals surface area (Å²) in [5.74, 6) is -4.43. The molecule has 0 bridgehead atoms. The summed E-state index contributed by atoms with van der Waals surface area (Å²) in [5, 5.41) is 29.1. The van der Waals surface area contributed by atoms with Gasteiger partial charge in [0.15, 0.2) is 6.20 Å². The van der Waals surface area contributed by atoms with Crippen molar-refractivity contribution in [3.05, 3.63) is 32.6 Å². The Morgan fingerprint density at radius 2 is 2.00 bits per heavy atom. The fourth-order valence-electron chi connectivity index (χ4n) is 1.94. The lowest BCUT2D eigenvalue weighted by atomic mass is 10.1. The van der Waals surface area contributed by atoms with Gasteiger partial charge in [0.2, 0.25) is 0 Å². The van der Waals surface area contributed by atoms with Gasteiger partial charge in [-0.1, -0.05) is 0 Å². The molecule has 5 atom stereocenters. The third-order valence-corrected chi connectivity index (χ3v) is 5.12. The van der Waals surface area contributed by atoms with Crippen LogP contribution in [0, 0.1) is 0 Å². The highest BCUT2D eigenvalue weighted by Gasteiger charge is 2.57. The van der Waals surface area contributed by atoms with Gasteiger partial charge in [-0.2, -0.15) is 4.31 Å². The smallest absolute Gasteiger partial charge is 0.391 e. The molecule has 18 heteroatoms. The summed E-state index contributed by atoms with van der Waals surface area (Å²) in [7, 11) is -11.8. The minimum Gasteiger partial charge on any atom is -0.391 e. The number of ether oxygens (including phenoxy) is 1. The summed E-state index contributed by atoms with van der Waals surface area (Å²) < 4.78 is 71.9. The molecule has 1 saturated heterocycles. The lowest BCUT2D eigenvalue weighted by Crippen LogP contribution is -2.43. The molecular formula is C10H15FN2O13P2. The normalized spacial score (nSPS) is 35.0. The average molecular weight is 455 g/mol. The Morgan fingerprint density at radius 1 is 1.39 bits per heavy atom. The zero-order chi connectivity index (χ0) is 24.2. The number of hydrogen-bond acceptors (Lipinski definition) is 10. The molecule has 0 spiro atoms. The number of alkyl halides is 1. The number of aromatic nitrogens is 2. The fourth-order valence-corrected chi connectivity index (χ4v) is 3.39. The quantitative estimate of drug-likeness (QED) is 0.206. The molecule has 1 aliphatic rings. The van der Waals surface area contributed by atoms with Crippen LogP contribution in [0.2, 0.25) is 0 Å². The van der Waals surface area contributed by atoms with Crippen LogP contribution in [0.3, 0.4) is 0 Å². The van der Waals surface area contributed by atoms with Crippen molar-refractivity contribution in [1.29, 1.82) is 0 Å². The Morgan fingerprint density at radius 3 is 2.54 bits per heavy atom. The zero-order valence-electron chi connectivity index (χ0n) is 16.2. The molecule has 7 N–H and O–H groups in total. The minimum absolute atomic E-state index is 0.0318. The number of hydrogen-bond donors (Lipinski definition) is 7. The van der Waals surface area contributed by atoms with Crippen LogP contribution in [0.25, 0.3) is 0 Å². The highest BCUT2D eigenvalue weighted by Crippen LogP contribution is 2.58. The van der Waals surface area contributed by atoms with E-state index in [1.165, 1.54) is 0 Å². The number of H-pyrrole nitrogens is 1. The molecule has 2 rings (SSSR count). The number of nitrogens with zero attached hydrogens (tertiary/aromatic N) is 1. The van der Waals surface area contributed by atoms with Gasteiger partial charge in [0.1, 0.15) is 18.8 Å². The Balaban J connectivity index is 2.53. The van der Waals surface area contributed by atoms with Gasteiger partial charge < -0.3 is 34.7 Å². The molecule has 2 heterocycles. The summed E-state index contributed by atoms with van der Waals surface area (Å²) >= 11 is 0. The van der Waals surface area contributed by atoms with Gasteiger partial charge in [0.25, 0.3) is 11.4 Å². The van der Waals surface area contributed by atoms with Crippen molar-refractivity contribution in [3.8, 4) is 0 Å². The fraction of sp³-hybridized carbons (Fsp3) is 0.600. The van der Waals surface area contributed by atoms with E-state index in [-0.39, 0.29) is 4.57 Å². The van der Waals surface area contributed by atoms with Crippen LogP contribution in [0.1, 0.15) is 15.9 Å². The molecule has 0 amide bonds. The minimum atomic E-state index is -6.08. The first kappa shape index (κ1) is 18.7. The molecule has 1 aliphatic heterocycles. The molecule has 0 aromatic carbocycles. The van der Waals surface area contributed by atoms with Crippen molar-refractivity contribution in [1.82, 2.24) is 9.55 Å². The second-order valence-electron chi connectivity index (χ2n) is 5.15. The van der Waals surface area contributed by atoms with Crippen molar-refractivity contribution in [2.24, 2.45) is 0 Å². The van der Waals surface area contributed by atoms with Crippen molar-refractivity contribution < 1.29 is 61.2 Å². The number of aliphatic hydroxyl groups is 3. The summed E-state index contributed by atoms with van der Waals surface area (Å²) in [6.07, 6.45) is -8.96. The van der Waals surface area contributed by atoms with Gasteiger partial charge in [-0.3, -0.25) is 18.9 Å². The van der Waals surface area contributed by atoms with Crippen molar-refractivity contribution in [2.45, 2.75) is 30.9 Å². The summed E-state index contributed by atoms with van der Waals surface area (Å²) in [4.78, 5) is 51.4. The largest absolute Gasteiger partial charge is 0.481 e. The van der Waals surface area contributed by atoms with Crippen LogP contribution < -0.4 is 11.2 Å². The highest BCUT2D eigenvalue weighted by molar-refractivity contribution is 7.60. The van der Waals surface area contributed by atoms with Gasteiger partial charge in [-0.25, -0.2) is 18.3 Å². The monoisotopic (exact) mass is 455 g/mol. The third kappa shape index (κ3) is 5.00. The van der Waals surface area contributed by atoms with E-state index in [1.54, 1.807) is 4.98 Å². The molecule has 1 aromatic rings. The van der Waals surface area contributed by atoms with E-state index in [1.807, 2.05) is 0 Å². The number of aromatic amines is 1. The summed E-state index contributed by atoms with van der Waals surface area (Å²) in [6.45, 7) is -5.36. The Bertz CT molecular complexity index is 1080. The van der Waals surface area contributed by atoms with Crippen LogP contribution in [-0.4, -0.2) is 64.2 Å². The highest BCUT2D eigenvalue weighted by atomic mass is 31.3. The number of aliphatic hydroxyl groups excluding tert-OH is 3. The van der Waals surface area contributed by atoms with Crippen molar-refractivity contribution in [2.75, 3.05) is 6.56 Å². The van der Waals surface area contributed by atoms with E-state index in [9.17, 15) is 33.8 Å². The van der Waals surface area contributed by atoms with Crippen LogP contribution in [0.4, 0.5) is 4.39 Å². The lowest BCUT2D eigenvalue weighted by molar-refractivity contribution is -0.205. The van der Waals surface area contributed by atoms with Crippen molar-refractivity contribution in [3.63, 3.8) is 0 Å². The molecule has 28 heavy (non-hydrogen) atoms. The first-order valence-corrected chi connectivity index (χ1v) is 9.84. The molecule has 15 nitrogen and oxygen atoms in total. The summed E-state index contributed by atoms with van der Waals surface area (Å²) in [5.41, 5.74) is -3.27. The van der Waals surface area contributed by atoms with E-state index in [4.69, 9.17) is 19.0 Å². The molecule has 0 radical (unpaired) electrons. The molecule has 160 valence electrons. The van der Waals surface area contributed by atoms with E-state index in [0.29, 0.717) is 6.20 Å². The number of nitrogens with one attached hydrogen (secondary N) is 1. The molecular weight excluding hydrogens is 437 g/mol. The molecule has 1 aromatic heterocycles. The predicted molar refractivity (Wildman–Crippen MR) is 82.1 cm³/mol. The van der Waals surface area contributed by atoms with E-state index < -0.39 is 69.9 Å². The van der Waals surface area contributed by atoms with Crippen LogP contribution in [0.5, 0.6) is 0 Å². The van der Waals surface area contributed by atoms with Gasteiger partial charge in [-0.15, -0.1) is 0 Å². The second kappa shape index (κ2) is 7.85. The van der Waals surface area contributed by atoms with Gasteiger partial charge in [0.05, 0.1) is 16.3 Å². The Labute approximate surface area is 157 Å². The molecule has 1 unspecified atom stereocenters. The standard InChI is InChI=1S/C10H15FN2O13P2/c11-10(3-24-28(22,23)26-27(19,20)21)6(16)5(15)8(25-10)13-1-4(2-14)7(17)12-9(13)18/h1,5-6,8,14-16H,2-3H2,(H,22,23)(H,12,17,18)(H2,19,20,21)/t5-,6+,8-,10-/m1/s1/i3D2,8D. The SMILES string of the molecule is [2H]C([2H])(OP(=O)(O)OP(=O)(O)O)[C@@]1(F)O[C@@]([2H])(n2cc(CO)c(=O)[nH]c2=O)[C@H](O)[C@@H]1O. The molecule has 1 fully saturated rings. The first-order chi connectivity index (χ1) is 13.8. The Hall–Kier alpha value is -1.29. The van der Waals surface area contributed by atoms with Crippen LogP contribution >= 0.6 is 15.6 Å². The van der Waals surface area contributed by atoms with E-state index in [0.717, 1.165) is 0 Å². The Kier molecular flexibility index (Phi) is 5.25.